The number of aromatic nitrogens is 2. The molecule has 0 unspecified atom stereocenters. The fraction of sp³-hybridized carbons (Fsp3) is 0.526. The van der Waals surface area contributed by atoms with E-state index in [1.54, 1.807) is 20.3 Å². The number of carbonyl (C=O) groups is 1. The number of nitrogens with zero attached hydrogens (tertiary/aromatic N) is 3. The smallest absolute Gasteiger partial charge is 0.321 e. The van der Waals surface area contributed by atoms with Crippen LogP contribution in [0.4, 0.5) is 16.6 Å². The lowest BCUT2D eigenvalue weighted by Gasteiger charge is -2.33. The van der Waals surface area contributed by atoms with E-state index in [9.17, 15) is 9.90 Å². The van der Waals surface area contributed by atoms with Gasteiger partial charge in [-0.2, -0.15) is 4.98 Å². The quantitative estimate of drug-likeness (QED) is 0.693. The molecule has 0 radical (unpaired) electrons. The molecule has 9 heteroatoms. The molecule has 0 spiro atoms. The summed E-state index contributed by atoms with van der Waals surface area (Å²) in [5, 5.41) is 15.2. The van der Waals surface area contributed by atoms with E-state index in [2.05, 4.69) is 25.5 Å². The van der Waals surface area contributed by atoms with E-state index in [0.717, 1.165) is 43.6 Å². The number of amides is 2. The third kappa shape index (κ3) is 4.19. The molecule has 1 saturated heterocycles. The van der Waals surface area contributed by atoms with E-state index in [1.165, 1.54) is 7.05 Å². The van der Waals surface area contributed by atoms with Gasteiger partial charge in [-0.3, -0.25) is 5.32 Å². The second-order valence-corrected chi connectivity index (χ2v) is 6.74. The van der Waals surface area contributed by atoms with E-state index in [-0.39, 0.29) is 18.6 Å². The first-order chi connectivity index (χ1) is 13.6. The van der Waals surface area contributed by atoms with Crippen LogP contribution in [0.25, 0.3) is 10.9 Å². The highest BCUT2D eigenvalue weighted by molar-refractivity contribution is 5.95. The van der Waals surface area contributed by atoms with Gasteiger partial charge in [0.2, 0.25) is 5.95 Å². The molecule has 1 aliphatic heterocycles. The molecular formula is C19H27N5O4. The molecule has 1 aliphatic rings. The van der Waals surface area contributed by atoms with Crippen molar-refractivity contribution in [2.75, 3.05) is 51.2 Å². The number of rotatable bonds is 6. The maximum absolute atomic E-state index is 11.8. The van der Waals surface area contributed by atoms with Crippen LogP contribution in [0.3, 0.4) is 0 Å². The molecule has 3 N–H and O–H groups in total. The van der Waals surface area contributed by atoms with Crippen molar-refractivity contribution < 1.29 is 19.4 Å². The minimum Gasteiger partial charge on any atom is -0.493 e. The van der Waals surface area contributed by atoms with Gasteiger partial charge in [-0.05, 0) is 31.2 Å². The summed E-state index contributed by atoms with van der Waals surface area (Å²) >= 11 is 0. The topological polar surface area (TPSA) is 109 Å². The number of aliphatic hydroxyl groups is 1. The Morgan fingerprint density at radius 3 is 2.50 bits per heavy atom. The van der Waals surface area contributed by atoms with Gasteiger partial charge in [0.25, 0.3) is 0 Å². The zero-order valence-corrected chi connectivity index (χ0v) is 16.5. The van der Waals surface area contributed by atoms with Gasteiger partial charge in [0.05, 0.1) is 19.7 Å². The highest BCUT2D eigenvalue weighted by atomic mass is 16.5. The number of hydrogen-bond acceptors (Lipinski definition) is 7. The van der Waals surface area contributed by atoms with Gasteiger partial charge < -0.3 is 24.8 Å². The predicted octanol–water partition coefficient (Wildman–Crippen LogP) is 2.00. The van der Waals surface area contributed by atoms with Gasteiger partial charge >= 0.3 is 6.03 Å². The maximum atomic E-state index is 11.8. The Labute approximate surface area is 164 Å². The lowest BCUT2D eigenvalue weighted by atomic mass is 9.94. The molecule has 1 aromatic heterocycles. The normalized spacial score (nSPS) is 14.8. The summed E-state index contributed by atoms with van der Waals surface area (Å²) in [6.45, 7) is 1.87. The average molecular weight is 389 g/mol. The van der Waals surface area contributed by atoms with Crippen molar-refractivity contribution in [3.63, 3.8) is 0 Å². The first-order valence-corrected chi connectivity index (χ1v) is 9.38. The lowest BCUT2D eigenvalue weighted by Crippen LogP contribution is -2.35. The minimum atomic E-state index is -0.382. The largest absolute Gasteiger partial charge is 0.493 e. The number of urea groups is 1. The van der Waals surface area contributed by atoms with Crippen LogP contribution in [0.5, 0.6) is 11.5 Å². The first-order valence-electron chi connectivity index (χ1n) is 9.38. The van der Waals surface area contributed by atoms with E-state index < -0.39 is 0 Å². The molecule has 3 rings (SSSR count). The summed E-state index contributed by atoms with van der Waals surface area (Å²) in [4.78, 5) is 23.0. The van der Waals surface area contributed by atoms with Crippen LogP contribution in [0.15, 0.2) is 12.1 Å². The molecule has 152 valence electrons. The van der Waals surface area contributed by atoms with Gasteiger partial charge in [-0.15, -0.1) is 0 Å². The number of hydrogen-bond donors (Lipinski definition) is 3. The number of ether oxygens (including phenoxy) is 2. The standard InChI is InChI=1S/C19H27N5O4/c1-20-19(26)23-18-21-14-11-16(28-3)15(27-2)10-13(14)17(22-18)24-7-4-12(5-8-24)6-9-25/h10-12,25H,4-9H2,1-3H3,(H2,20,21,22,23,26). The molecule has 2 amide bonds. The van der Waals surface area contributed by atoms with Crippen LogP contribution in [0.1, 0.15) is 19.3 Å². The highest BCUT2D eigenvalue weighted by Crippen LogP contribution is 2.37. The number of carbonyl (C=O) groups excluding carboxylic acids is 1. The summed E-state index contributed by atoms with van der Waals surface area (Å²) < 4.78 is 10.8. The van der Waals surface area contributed by atoms with Gasteiger partial charge in [-0.25, -0.2) is 9.78 Å². The molecule has 0 atom stereocenters. The second-order valence-electron chi connectivity index (χ2n) is 6.74. The third-order valence-electron chi connectivity index (χ3n) is 5.08. The monoisotopic (exact) mass is 389 g/mol. The molecular weight excluding hydrogens is 362 g/mol. The van der Waals surface area contributed by atoms with Crippen LogP contribution >= 0.6 is 0 Å². The van der Waals surface area contributed by atoms with E-state index in [1.807, 2.05) is 6.07 Å². The van der Waals surface area contributed by atoms with Crippen LogP contribution < -0.4 is 25.0 Å². The van der Waals surface area contributed by atoms with Crippen molar-refractivity contribution in [2.24, 2.45) is 5.92 Å². The Bertz CT molecular complexity index is 837. The molecule has 0 bridgehead atoms. The van der Waals surface area contributed by atoms with Crippen molar-refractivity contribution in [1.82, 2.24) is 15.3 Å². The van der Waals surface area contributed by atoms with Crippen LogP contribution in [-0.4, -0.2) is 62.1 Å². The number of piperidine rings is 1. The van der Waals surface area contributed by atoms with Crippen molar-refractivity contribution in [3.05, 3.63) is 12.1 Å². The summed E-state index contributed by atoms with van der Waals surface area (Å²) in [5.41, 5.74) is 0.659. The number of benzene rings is 1. The van der Waals surface area contributed by atoms with E-state index >= 15 is 0 Å². The minimum absolute atomic E-state index is 0.221. The Hall–Kier alpha value is -2.81. The lowest BCUT2D eigenvalue weighted by molar-refractivity contribution is 0.240. The molecule has 28 heavy (non-hydrogen) atoms. The molecule has 2 aromatic rings. The number of nitrogens with one attached hydrogen (secondary N) is 2. The molecule has 1 aromatic carbocycles. The zero-order valence-electron chi connectivity index (χ0n) is 16.5. The fourth-order valence-electron chi connectivity index (χ4n) is 3.52. The second kappa shape index (κ2) is 8.92. The van der Waals surface area contributed by atoms with Crippen molar-refractivity contribution >= 4 is 28.7 Å². The van der Waals surface area contributed by atoms with Gasteiger partial charge in [-0.1, -0.05) is 0 Å². The molecule has 2 heterocycles. The Kier molecular flexibility index (Phi) is 6.35. The summed E-state index contributed by atoms with van der Waals surface area (Å²) in [5.74, 6) is 2.66. The Morgan fingerprint density at radius 1 is 1.21 bits per heavy atom. The summed E-state index contributed by atoms with van der Waals surface area (Å²) in [6.07, 6.45) is 2.79. The van der Waals surface area contributed by atoms with Crippen molar-refractivity contribution in [2.45, 2.75) is 19.3 Å². The van der Waals surface area contributed by atoms with Crippen molar-refractivity contribution in [1.29, 1.82) is 0 Å². The number of methoxy groups -OCH3 is 2. The van der Waals surface area contributed by atoms with Crippen molar-refractivity contribution in [3.8, 4) is 11.5 Å². The maximum Gasteiger partial charge on any atom is 0.321 e. The summed E-state index contributed by atoms with van der Waals surface area (Å²) in [6, 6.07) is 3.27. The molecule has 1 fully saturated rings. The average Bonchev–Trinajstić information content (AvgIpc) is 2.72. The number of anilines is 2. The molecule has 0 saturated carbocycles. The zero-order chi connectivity index (χ0) is 20.1. The molecule has 0 aliphatic carbocycles. The Morgan fingerprint density at radius 2 is 1.89 bits per heavy atom. The Balaban J connectivity index is 2.03. The first kappa shape index (κ1) is 19.9. The third-order valence-corrected chi connectivity index (χ3v) is 5.08. The van der Waals surface area contributed by atoms with Gasteiger partial charge in [0.1, 0.15) is 5.82 Å². The van der Waals surface area contributed by atoms with Gasteiger partial charge in [0, 0.05) is 38.2 Å². The molecule has 9 nitrogen and oxygen atoms in total. The SMILES string of the molecule is CNC(=O)Nc1nc(N2CCC(CCO)CC2)c2cc(OC)c(OC)cc2n1. The summed E-state index contributed by atoms with van der Waals surface area (Å²) in [7, 11) is 4.70. The number of fused-ring (bicyclic) bond motifs is 1. The predicted molar refractivity (Wildman–Crippen MR) is 107 cm³/mol. The van der Waals surface area contributed by atoms with Crippen LogP contribution in [0.2, 0.25) is 0 Å². The highest BCUT2D eigenvalue weighted by Gasteiger charge is 2.23. The number of aliphatic hydroxyl groups excluding tert-OH is 1. The van der Waals surface area contributed by atoms with Crippen LogP contribution in [-0.2, 0) is 0 Å². The van der Waals surface area contributed by atoms with E-state index in [4.69, 9.17) is 9.47 Å². The fourth-order valence-corrected chi connectivity index (χ4v) is 3.52. The van der Waals surface area contributed by atoms with E-state index in [0.29, 0.717) is 22.9 Å². The van der Waals surface area contributed by atoms with Crippen LogP contribution in [0, 0.1) is 5.92 Å². The van der Waals surface area contributed by atoms with Gasteiger partial charge in [0.15, 0.2) is 11.5 Å².